The molecule has 114 valence electrons. The summed E-state index contributed by atoms with van der Waals surface area (Å²) in [6.45, 7) is 3.76. The van der Waals surface area contributed by atoms with Crippen molar-refractivity contribution >= 4 is 45.2 Å². The molecule has 1 N–H and O–H groups in total. The fraction of sp³-hybridized carbons (Fsp3) is 0.400. The minimum Gasteiger partial charge on any atom is -0.451 e. The monoisotopic (exact) mass is 372 g/mol. The molecule has 2 aromatic rings. The molecule has 1 aromatic carbocycles. The summed E-state index contributed by atoms with van der Waals surface area (Å²) in [4.78, 5) is 14.4. The SMILES string of the molecule is Cc1c(C(=O)N(C)C2CCNC2)oc2ccc(Br)cc12.Cl. The largest absolute Gasteiger partial charge is 0.451 e. The highest BCUT2D eigenvalue weighted by atomic mass is 79.9. The molecule has 1 fully saturated rings. The van der Waals surface area contributed by atoms with Gasteiger partial charge >= 0.3 is 0 Å². The number of carbonyl (C=O) groups excluding carboxylic acids is 1. The molecule has 1 saturated heterocycles. The number of furan rings is 1. The maximum Gasteiger partial charge on any atom is 0.289 e. The number of halogens is 2. The van der Waals surface area contributed by atoms with E-state index < -0.39 is 0 Å². The smallest absolute Gasteiger partial charge is 0.289 e. The predicted octanol–water partition coefficient (Wildman–Crippen LogP) is 3.36. The van der Waals surface area contributed by atoms with Crippen molar-refractivity contribution in [3.05, 3.63) is 34.0 Å². The Bertz CT molecular complexity index is 665. The molecule has 2 heterocycles. The van der Waals surface area contributed by atoms with E-state index in [1.807, 2.05) is 32.2 Å². The normalized spacial score (nSPS) is 17.8. The third-order valence-electron chi connectivity index (χ3n) is 3.99. The van der Waals surface area contributed by atoms with Gasteiger partial charge in [0.2, 0.25) is 0 Å². The summed E-state index contributed by atoms with van der Waals surface area (Å²) in [5.74, 6) is 0.413. The van der Waals surface area contributed by atoms with Crippen LogP contribution in [0.1, 0.15) is 22.5 Å². The number of likely N-dealkylation sites (N-methyl/N-ethyl adjacent to an activating group) is 1. The quantitative estimate of drug-likeness (QED) is 0.878. The molecule has 3 rings (SSSR count). The van der Waals surface area contributed by atoms with Crippen molar-refractivity contribution in [1.29, 1.82) is 0 Å². The van der Waals surface area contributed by atoms with Gasteiger partial charge in [-0.1, -0.05) is 15.9 Å². The van der Waals surface area contributed by atoms with Crippen LogP contribution in [0.15, 0.2) is 27.1 Å². The molecule has 1 amide bonds. The predicted molar refractivity (Wildman–Crippen MR) is 89.3 cm³/mol. The zero-order valence-corrected chi connectivity index (χ0v) is 14.4. The molecule has 0 saturated carbocycles. The fourth-order valence-corrected chi connectivity index (χ4v) is 3.05. The summed E-state index contributed by atoms with van der Waals surface area (Å²) in [6, 6.07) is 6.05. The van der Waals surface area contributed by atoms with Crippen molar-refractivity contribution in [2.45, 2.75) is 19.4 Å². The number of aryl methyl sites for hydroxylation is 1. The molecular weight excluding hydrogens is 356 g/mol. The molecule has 1 aliphatic rings. The van der Waals surface area contributed by atoms with Crippen LogP contribution in [-0.2, 0) is 0 Å². The lowest BCUT2D eigenvalue weighted by Gasteiger charge is -2.22. The number of nitrogens with zero attached hydrogens (tertiary/aromatic N) is 1. The van der Waals surface area contributed by atoms with Crippen molar-refractivity contribution < 1.29 is 9.21 Å². The lowest BCUT2D eigenvalue weighted by molar-refractivity contribution is 0.0713. The van der Waals surface area contributed by atoms with Crippen molar-refractivity contribution in [2.75, 3.05) is 20.1 Å². The van der Waals surface area contributed by atoms with Gasteiger partial charge in [0.1, 0.15) is 5.58 Å². The number of hydrogen-bond donors (Lipinski definition) is 1. The molecule has 0 spiro atoms. The van der Waals surface area contributed by atoms with E-state index in [0.717, 1.165) is 40.5 Å². The number of hydrogen-bond acceptors (Lipinski definition) is 3. The van der Waals surface area contributed by atoms with Crippen LogP contribution in [0.4, 0.5) is 0 Å². The Balaban J connectivity index is 0.00000161. The number of rotatable bonds is 2. The van der Waals surface area contributed by atoms with Crippen molar-refractivity contribution in [3.63, 3.8) is 0 Å². The van der Waals surface area contributed by atoms with E-state index in [4.69, 9.17) is 4.42 Å². The molecule has 0 aliphatic carbocycles. The van der Waals surface area contributed by atoms with Gasteiger partial charge in [-0.05, 0) is 38.1 Å². The van der Waals surface area contributed by atoms with Gasteiger partial charge in [-0.15, -0.1) is 12.4 Å². The van der Waals surface area contributed by atoms with Gasteiger partial charge in [0.15, 0.2) is 5.76 Å². The third-order valence-corrected chi connectivity index (χ3v) is 4.49. The van der Waals surface area contributed by atoms with Gasteiger partial charge in [-0.25, -0.2) is 0 Å². The first kappa shape index (κ1) is 16.3. The minimum atomic E-state index is -0.0384. The molecule has 0 bridgehead atoms. The van der Waals surface area contributed by atoms with Crippen LogP contribution in [0, 0.1) is 6.92 Å². The summed E-state index contributed by atoms with van der Waals surface area (Å²) in [5.41, 5.74) is 1.66. The summed E-state index contributed by atoms with van der Waals surface area (Å²) in [6.07, 6.45) is 0.993. The maximum absolute atomic E-state index is 12.6. The highest BCUT2D eigenvalue weighted by Gasteiger charge is 2.27. The Morgan fingerprint density at radius 3 is 2.90 bits per heavy atom. The second-order valence-corrected chi connectivity index (χ2v) is 6.18. The number of nitrogens with one attached hydrogen (secondary N) is 1. The van der Waals surface area contributed by atoms with Crippen LogP contribution >= 0.6 is 28.3 Å². The zero-order chi connectivity index (χ0) is 14.3. The second kappa shape index (κ2) is 6.38. The standard InChI is InChI=1S/C15H17BrN2O2.ClH/c1-9-12-7-10(16)3-4-13(12)20-14(9)15(19)18(2)11-5-6-17-8-11;/h3-4,7,11,17H,5-6,8H2,1-2H3;1H. The Morgan fingerprint density at radius 2 is 2.24 bits per heavy atom. The molecule has 1 aliphatic heterocycles. The average molecular weight is 374 g/mol. The fourth-order valence-electron chi connectivity index (χ4n) is 2.69. The van der Waals surface area contributed by atoms with E-state index in [1.165, 1.54) is 0 Å². The molecule has 4 nitrogen and oxygen atoms in total. The lowest BCUT2D eigenvalue weighted by Crippen LogP contribution is -2.38. The molecule has 6 heteroatoms. The Labute approximate surface area is 138 Å². The minimum absolute atomic E-state index is 0. The van der Waals surface area contributed by atoms with Gasteiger partial charge < -0.3 is 14.6 Å². The molecule has 1 unspecified atom stereocenters. The van der Waals surface area contributed by atoms with Crippen LogP contribution in [0.3, 0.4) is 0 Å². The third kappa shape index (κ3) is 2.96. The van der Waals surface area contributed by atoms with Crippen molar-refractivity contribution in [1.82, 2.24) is 10.2 Å². The first-order chi connectivity index (χ1) is 9.58. The highest BCUT2D eigenvalue weighted by molar-refractivity contribution is 9.10. The van der Waals surface area contributed by atoms with E-state index in [-0.39, 0.29) is 24.4 Å². The molecular formula is C15H18BrClN2O2. The molecule has 1 atom stereocenters. The number of benzene rings is 1. The Hall–Kier alpha value is -1.04. The maximum atomic E-state index is 12.6. The molecule has 0 radical (unpaired) electrons. The Morgan fingerprint density at radius 1 is 1.48 bits per heavy atom. The van der Waals surface area contributed by atoms with Crippen LogP contribution in [0.25, 0.3) is 11.0 Å². The molecule has 1 aromatic heterocycles. The topological polar surface area (TPSA) is 45.5 Å². The van der Waals surface area contributed by atoms with E-state index >= 15 is 0 Å². The number of amides is 1. The van der Waals surface area contributed by atoms with Gasteiger partial charge in [0.25, 0.3) is 5.91 Å². The average Bonchev–Trinajstić information content (AvgIpc) is 3.06. The number of carbonyl (C=O) groups is 1. The van der Waals surface area contributed by atoms with Crippen LogP contribution in [0.5, 0.6) is 0 Å². The van der Waals surface area contributed by atoms with Crippen LogP contribution < -0.4 is 5.32 Å². The Kier molecular flexibility index (Phi) is 4.96. The van der Waals surface area contributed by atoms with Crippen LogP contribution in [0.2, 0.25) is 0 Å². The van der Waals surface area contributed by atoms with Gasteiger partial charge in [0, 0.05) is 35.1 Å². The zero-order valence-electron chi connectivity index (χ0n) is 12.0. The first-order valence-corrected chi connectivity index (χ1v) is 7.54. The van der Waals surface area contributed by atoms with E-state index in [9.17, 15) is 4.79 Å². The summed E-state index contributed by atoms with van der Waals surface area (Å²) >= 11 is 3.45. The van der Waals surface area contributed by atoms with Gasteiger partial charge in [-0.2, -0.15) is 0 Å². The highest BCUT2D eigenvalue weighted by Crippen LogP contribution is 2.29. The summed E-state index contributed by atoms with van der Waals surface area (Å²) < 4.78 is 6.75. The summed E-state index contributed by atoms with van der Waals surface area (Å²) in [7, 11) is 1.85. The molecule has 21 heavy (non-hydrogen) atoms. The van der Waals surface area contributed by atoms with E-state index in [0.29, 0.717) is 5.76 Å². The van der Waals surface area contributed by atoms with E-state index in [1.54, 1.807) is 4.90 Å². The van der Waals surface area contributed by atoms with Crippen molar-refractivity contribution in [2.24, 2.45) is 0 Å². The van der Waals surface area contributed by atoms with Crippen LogP contribution in [-0.4, -0.2) is 37.0 Å². The number of fused-ring (bicyclic) bond motifs is 1. The lowest BCUT2D eigenvalue weighted by atomic mass is 10.1. The van der Waals surface area contributed by atoms with Crippen molar-refractivity contribution in [3.8, 4) is 0 Å². The van der Waals surface area contributed by atoms with E-state index in [2.05, 4.69) is 21.2 Å². The second-order valence-electron chi connectivity index (χ2n) is 5.26. The van der Waals surface area contributed by atoms with Gasteiger partial charge in [0.05, 0.1) is 0 Å². The first-order valence-electron chi connectivity index (χ1n) is 6.74. The van der Waals surface area contributed by atoms with Gasteiger partial charge in [-0.3, -0.25) is 4.79 Å². The summed E-state index contributed by atoms with van der Waals surface area (Å²) in [5, 5.41) is 4.26.